The number of thiophene rings is 1. The molecule has 4 aromatic rings. The fourth-order valence-electron chi connectivity index (χ4n) is 3.88. The first-order chi connectivity index (χ1) is 15.1. The standard InChI is InChI=1S/C22H20FN5OS2/c1-27-18(12-17(26-27)19-9-5-11-30-19)22(29)28-10-4-6-14(13-28)20-24-25-21(31-20)15-7-2-3-8-16(15)23/h2-3,5,7-9,11-12,14H,4,6,10,13H2,1H3/t14-/m0/s1. The molecule has 9 heteroatoms. The van der Waals surface area contributed by atoms with Crippen LogP contribution in [0.1, 0.15) is 34.3 Å². The Morgan fingerprint density at radius 1 is 1.19 bits per heavy atom. The number of nitrogens with zero attached hydrogens (tertiary/aromatic N) is 5. The van der Waals surface area contributed by atoms with Gasteiger partial charge in [0.1, 0.15) is 22.2 Å². The highest BCUT2D eigenvalue weighted by molar-refractivity contribution is 7.14. The van der Waals surface area contributed by atoms with Crippen molar-refractivity contribution in [2.24, 2.45) is 7.05 Å². The van der Waals surface area contributed by atoms with E-state index >= 15 is 0 Å². The predicted octanol–water partition coefficient (Wildman–Crippen LogP) is 4.83. The number of rotatable bonds is 4. The largest absolute Gasteiger partial charge is 0.337 e. The average Bonchev–Trinajstić information content (AvgIpc) is 3.54. The smallest absolute Gasteiger partial charge is 0.272 e. The van der Waals surface area contributed by atoms with Crippen LogP contribution in [0.2, 0.25) is 0 Å². The molecule has 0 saturated carbocycles. The van der Waals surface area contributed by atoms with Crippen LogP contribution in [-0.4, -0.2) is 43.9 Å². The minimum Gasteiger partial charge on any atom is -0.337 e. The lowest BCUT2D eigenvalue weighted by Crippen LogP contribution is -2.39. The third kappa shape index (κ3) is 3.90. The summed E-state index contributed by atoms with van der Waals surface area (Å²) in [5.74, 6) is -0.231. The highest BCUT2D eigenvalue weighted by Gasteiger charge is 2.29. The van der Waals surface area contributed by atoms with E-state index in [0.717, 1.165) is 28.4 Å². The highest BCUT2D eigenvalue weighted by atomic mass is 32.1. The zero-order chi connectivity index (χ0) is 21.4. The molecule has 0 bridgehead atoms. The zero-order valence-electron chi connectivity index (χ0n) is 16.9. The molecule has 4 heterocycles. The summed E-state index contributed by atoms with van der Waals surface area (Å²) in [5.41, 5.74) is 1.85. The van der Waals surface area contributed by atoms with Gasteiger partial charge in [-0.15, -0.1) is 21.5 Å². The van der Waals surface area contributed by atoms with Crippen molar-refractivity contribution in [2.45, 2.75) is 18.8 Å². The molecule has 1 saturated heterocycles. The minimum absolute atomic E-state index is 0.0265. The molecule has 5 rings (SSSR count). The Morgan fingerprint density at radius 3 is 2.87 bits per heavy atom. The van der Waals surface area contributed by atoms with Crippen LogP contribution in [0.5, 0.6) is 0 Å². The number of piperidine rings is 1. The van der Waals surface area contributed by atoms with Crippen LogP contribution >= 0.6 is 22.7 Å². The van der Waals surface area contributed by atoms with Crippen molar-refractivity contribution in [3.8, 4) is 21.1 Å². The summed E-state index contributed by atoms with van der Waals surface area (Å²) < 4.78 is 15.8. The van der Waals surface area contributed by atoms with Gasteiger partial charge in [-0.25, -0.2) is 4.39 Å². The van der Waals surface area contributed by atoms with E-state index in [9.17, 15) is 9.18 Å². The number of aryl methyl sites for hydroxylation is 1. The third-order valence-corrected chi connectivity index (χ3v) is 7.49. The van der Waals surface area contributed by atoms with E-state index in [1.165, 1.54) is 17.4 Å². The lowest BCUT2D eigenvalue weighted by atomic mass is 9.98. The van der Waals surface area contributed by atoms with Crippen LogP contribution < -0.4 is 0 Å². The maximum atomic E-state index is 14.1. The number of hydrogen-bond acceptors (Lipinski definition) is 6. The van der Waals surface area contributed by atoms with Crippen molar-refractivity contribution >= 4 is 28.6 Å². The molecular weight excluding hydrogens is 433 g/mol. The molecule has 1 aromatic carbocycles. The molecule has 1 amide bonds. The van der Waals surface area contributed by atoms with Crippen LogP contribution in [0.15, 0.2) is 47.8 Å². The van der Waals surface area contributed by atoms with Gasteiger partial charge in [-0.05, 0) is 42.5 Å². The second kappa shape index (κ2) is 8.32. The van der Waals surface area contributed by atoms with Gasteiger partial charge in [0.15, 0.2) is 5.01 Å². The van der Waals surface area contributed by atoms with Crippen molar-refractivity contribution in [1.29, 1.82) is 0 Å². The molecule has 6 nitrogen and oxygen atoms in total. The summed E-state index contributed by atoms with van der Waals surface area (Å²) in [7, 11) is 1.80. The maximum absolute atomic E-state index is 14.1. The van der Waals surface area contributed by atoms with Gasteiger partial charge in [0, 0.05) is 31.6 Å². The molecular formula is C22H20FN5OS2. The molecule has 1 aliphatic heterocycles. The Labute approximate surface area is 187 Å². The van der Waals surface area contributed by atoms with Gasteiger partial charge in [0.25, 0.3) is 5.91 Å². The van der Waals surface area contributed by atoms with Gasteiger partial charge in [-0.3, -0.25) is 9.48 Å². The van der Waals surface area contributed by atoms with E-state index in [4.69, 9.17) is 0 Å². The van der Waals surface area contributed by atoms with Crippen molar-refractivity contribution < 1.29 is 9.18 Å². The third-order valence-electron chi connectivity index (χ3n) is 5.48. The fourth-order valence-corrected chi connectivity index (χ4v) is 5.56. The summed E-state index contributed by atoms with van der Waals surface area (Å²) in [4.78, 5) is 16.1. The molecule has 0 radical (unpaired) electrons. The first kappa shape index (κ1) is 20.0. The van der Waals surface area contributed by atoms with Crippen molar-refractivity contribution in [1.82, 2.24) is 24.9 Å². The molecule has 0 unspecified atom stereocenters. The van der Waals surface area contributed by atoms with E-state index < -0.39 is 0 Å². The van der Waals surface area contributed by atoms with E-state index in [0.29, 0.717) is 29.4 Å². The highest BCUT2D eigenvalue weighted by Crippen LogP contribution is 2.34. The average molecular weight is 454 g/mol. The van der Waals surface area contributed by atoms with Gasteiger partial charge in [-0.1, -0.05) is 29.5 Å². The fraction of sp³-hybridized carbons (Fsp3) is 0.273. The summed E-state index contributed by atoms with van der Waals surface area (Å²) in [5, 5.41) is 16.5. The van der Waals surface area contributed by atoms with E-state index in [1.54, 1.807) is 41.3 Å². The number of amides is 1. The Balaban J connectivity index is 1.34. The number of carbonyl (C=O) groups excluding carboxylic acids is 1. The Bertz CT molecular complexity index is 1220. The molecule has 0 spiro atoms. The quantitative estimate of drug-likeness (QED) is 0.444. The number of aromatic nitrogens is 4. The summed E-state index contributed by atoms with van der Waals surface area (Å²) >= 11 is 3.01. The van der Waals surface area contributed by atoms with E-state index in [-0.39, 0.29) is 17.6 Å². The van der Waals surface area contributed by atoms with Crippen molar-refractivity contribution in [3.05, 3.63) is 64.4 Å². The minimum atomic E-state index is -0.302. The van der Waals surface area contributed by atoms with Crippen molar-refractivity contribution in [3.63, 3.8) is 0 Å². The Morgan fingerprint density at radius 2 is 2.06 bits per heavy atom. The summed E-state index contributed by atoms with van der Waals surface area (Å²) in [6.45, 7) is 1.28. The molecule has 158 valence electrons. The molecule has 3 aromatic heterocycles. The van der Waals surface area contributed by atoms with Gasteiger partial charge < -0.3 is 4.90 Å². The SMILES string of the molecule is Cn1nc(-c2cccs2)cc1C(=O)N1CCC[C@H](c2nnc(-c3ccccc3F)s2)C1. The van der Waals surface area contributed by atoms with Crippen LogP contribution in [0, 0.1) is 5.82 Å². The first-order valence-corrected chi connectivity index (χ1v) is 11.8. The molecule has 1 fully saturated rings. The lowest BCUT2D eigenvalue weighted by Gasteiger charge is -2.31. The van der Waals surface area contributed by atoms with E-state index in [1.807, 2.05) is 28.5 Å². The predicted molar refractivity (Wildman–Crippen MR) is 120 cm³/mol. The van der Waals surface area contributed by atoms with Crippen molar-refractivity contribution in [2.75, 3.05) is 13.1 Å². The lowest BCUT2D eigenvalue weighted by molar-refractivity contribution is 0.0695. The van der Waals surface area contributed by atoms with E-state index in [2.05, 4.69) is 15.3 Å². The van der Waals surface area contributed by atoms with Crippen LogP contribution in [0.3, 0.4) is 0 Å². The molecule has 1 aliphatic rings. The molecule has 1 atom stereocenters. The second-order valence-corrected chi connectivity index (χ2v) is 9.49. The Hall–Kier alpha value is -2.91. The summed E-state index contributed by atoms with van der Waals surface area (Å²) in [6, 6.07) is 12.4. The van der Waals surface area contributed by atoms with Crippen LogP contribution in [0.4, 0.5) is 4.39 Å². The molecule has 0 N–H and O–H groups in total. The maximum Gasteiger partial charge on any atom is 0.272 e. The van der Waals surface area contributed by atoms with Gasteiger partial charge in [0.2, 0.25) is 0 Å². The normalized spacial score (nSPS) is 16.6. The molecule has 31 heavy (non-hydrogen) atoms. The monoisotopic (exact) mass is 453 g/mol. The number of carbonyl (C=O) groups is 1. The van der Waals surface area contributed by atoms with Crippen LogP contribution in [-0.2, 0) is 7.05 Å². The van der Waals surface area contributed by atoms with Gasteiger partial charge >= 0.3 is 0 Å². The number of benzene rings is 1. The number of hydrogen-bond donors (Lipinski definition) is 0. The van der Waals surface area contributed by atoms with Gasteiger partial charge in [-0.2, -0.15) is 5.10 Å². The Kier molecular flexibility index (Phi) is 5.37. The second-order valence-electron chi connectivity index (χ2n) is 7.53. The van der Waals surface area contributed by atoms with Crippen LogP contribution in [0.25, 0.3) is 21.1 Å². The number of halogens is 1. The topological polar surface area (TPSA) is 63.9 Å². The number of likely N-dealkylation sites (tertiary alicyclic amines) is 1. The van der Waals surface area contributed by atoms with Gasteiger partial charge in [0.05, 0.1) is 4.88 Å². The first-order valence-electron chi connectivity index (χ1n) is 10.1. The molecule has 0 aliphatic carbocycles. The zero-order valence-corrected chi connectivity index (χ0v) is 18.5. The summed E-state index contributed by atoms with van der Waals surface area (Å²) in [6.07, 6.45) is 1.82.